The Bertz CT molecular complexity index is 452. The second-order valence-corrected chi connectivity index (χ2v) is 4.49. The van der Waals surface area contributed by atoms with Gasteiger partial charge in [-0.15, -0.1) is 0 Å². The minimum atomic E-state index is -0.0704. The van der Waals surface area contributed by atoms with Gasteiger partial charge in [0.2, 0.25) is 0 Å². The zero-order valence-corrected chi connectivity index (χ0v) is 10.7. The Morgan fingerprint density at radius 1 is 1.33 bits per heavy atom. The van der Waals surface area contributed by atoms with Crippen molar-refractivity contribution in [3.05, 3.63) is 41.5 Å². The van der Waals surface area contributed by atoms with Crippen LogP contribution >= 0.6 is 0 Å². The van der Waals surface area contributed by atoms with E-state index in [-0.39, 0.29) is 5.91 Å². The summed E-state index contributed by atoms with van der Waals surface area (Å²) in [6.45, 7) is 0.650. The summed E-state index contributed by atoms with van der Waals surface area (Å²) in [4.78, 5) is 12.0. The first-order valence-corrected chi connectivity index (χ1v) is 6.40. The number of benzene rings is 1. The van der Waals surface area contributed by atoms with Crippen molar-refractivity contribution in [2.24, 2.45) is 0 Å². The van der Waals surface area contributed by atoms with Crippen LogP contribution in [0.4, 0.5) is 0 Å². The van der Waals surface area contributed by atoms with E-state index in [0.29, 0.717) is 17.9 Å². The van der Waals surface area contributed by atoms with Gasteiger partial charge in [-0.25, -0.2) is 0 Å². The molecule has 0 fully saturated rings. The third kappa shape index (κ3) is 3.13. The fourth-order valence-corrected chi connectivity index (χ4v) is 2.19. The number of allylic oxidation sites excluding steroid dienone is 1. The molecule has 1 aromatic rings. The Morgan fingerprint density at radius 3 is 2.89 bits per heavy atom. The highest BCUT2D eigenvalue weighted by molar-refractivity contribution is 5.97. The van der Waals surface area contributed by atoms with Crippen LogP contribution in [0.2, 0.25) is 0 Å². The Balaban J connectivity index is 1.97. The van der Waals surface area contributed by atoms with Gasteiger partial charge in [-0.1, -0.05) is 23.8 Å². The summed E-state index contributed by atoms with van der Waals surface area (Å²) < 4.78 is 5.18. The van der Waals surface area contributed by atoms with Crippen LogP contribution in [0.25, 0.3) is 0 Å². The molecule has 0 unspecified atom stereocenters. The Hall–Kier alpha value is -1.77. The maximum absolute atomic E-state index is 12.0. The van der Waals surface area contributed by atoms with Crippen LogP contribution in [0.3, 0.4) is 0 Å². The van der Waals surface area contributed by atoms with E-state index in [1.165, 1.54) is 18.4 Å². The number of hydrogen-bond donors (Lipinski definition) is 1. The number of ether oxygens (including phenoxy) is 1. The predicted molar refractivity (Wildman–Crippen MR) is 71.9 cm³/mol. The molecule has 0 saturated carbocycles. The minimum Gasteiger partial charge on any atom is -0.496 e. The zero-order chi connectivity index (χ0) is 12.8. The molecule has 1 amide bonds. The lowest BCUT2D eigenvalue weighted by Gasteiger charge is -2.14. The Kier molecular flexibility index (Phi) is 4.40. The molecule has 96 valence electrons. The van der Waals surface area contributed by atoms with Crippen molar-refractivity contribution < 1.29 is 9.53 Å². The van der Waals surface area contributed by atoms with Gasteiger partial charge in [0, 0.05) is 6.54 Å². The van der Waals surface area contributed by atoms with E-state index < -0.39 is 0 Å². The third-order valence-corrected chi connectivity index (χ3v) is 3.21. The topological polar surface area (TPSA) is 38.3 Å². The van der Waals surface area contributed by atoms with Crippen LogP contribution in [0, 0.1) is 0 Å². The molecular weight excluding hydrogens is 226 g/mol. The molecule has 3 heteroatoms. The van der Waals surface area contributed by atoms with Crippen molar-refractivity contribution in [2.45, 2.75) is 25.7 Å². The molecule has 0 saturated heterocycles. The van der Waals surface area contributed by atoms with Gasteiger partial charge in [0.05, 0.1) is 12.7 Å². The molecule has 0 bridgehead atoms. The highest BCUT2D eigenvalue weighted by Gasteiger charge is 2.11. The van der Waals surface area contributed by atoms with Gasteiger partial charge in [0.15, 0.2) is 0 Å². The van der Waals surface area contributed by atoms with Crippen LogP contribution in [-0.2, 0) is 0 Å². The van der Waals surface area contributed by atoms with Gasteiger partial charge < -0.3 is 10.1 Å². The van der Waals surface area contributed by atoms with Gasteiger partial charge in [-0.05, 0) is 37.8 Å². The summed E-state index contributed by atoms with van der Waals surface area (Å²) in [5, 5.41) is 2.96. The third-order valence-electron chi connectivity index (χ3n) is 3.21. The second-order valence-electron chi connectivity index (χ2n) is 4.49. The molecule has 1 aromatic carbocycles. The standard InChI is InChI=1S/C15H19NO2/c1-18-14-10-6-5-9-13(14)15(17)16-11-12-7-3-2-4-8-12/h5-7,9-10H,2-4,8,11H2,1H3,(H,16,17). The molecule has 1 aliphatic rings. The van der Waals surface area contributed by atoms with E-state index in [0.717, 1.165) is 12.8 Å². The van der Waals surface area contributed by atoms with E-state index in [1.54, 1.807) is 19.2 Å². The maximum Gasteiger partial charge on any atom is 0.255 e. The van der Waals surface area contributed by atoms with Gasteiger partial charge in [-0.2, -0.15) is 0 Å². The highest BCUT2D eigenvalue weighted by atomic mass is 16.5. The zero-order valence-electron chi connectivity index (χ0n) is 10.7. The molecule has 2 rings (SSSR count). The summed E-state index contributed by atoms with van der Waals surface area (Å²) in [6.07, 6.45) is 6.98. The molecule has 0 aliphatic heterocycles. The van der Waals surface area contributed by atoms with Crippen molar-refractivity contribution in [1.82, 2.24) is 5.32 Å². The number of amides is 1. The molecule has 0 spiro atoms. The van der Waals surface area contributed by atoms with Crippen molar-refractivity contribution in [1.29, 1.82) is 0 Å². The van der Waals surface area contributed by atoms with Crippen LogP contribution in [-0.4, -0.2) is 19.6 Å². The average molecular weight is 245 g/mol. The highest BCUT2D eigenvalue weighted by Crippen LogP contribution is 2.18. The molecule has 0 radical (unpaired) electrons. The van der Waals surface area contributed by atoms with Crippen molar-refractivity contribution >= 4 is 5.91 Å². The summed E-state index contributed by atoms with van der Waals surface area (Å²) >= 11 is 0. The smallest absolute Gasteiger partial charge is 0.255 e. The van der Waals surface area contributed by atoms with E-state index >= 15 is 0 Å². The van der Waals surface area contributed by atoms with Crippen molar-refractivity contribution in [3.63, 3.8) is 0 Å². The minimum absolute atomic E-state index is 0.0704. The van der Waals surface area contributed by atoms with Crippen LogP contribution in [0.1, 0.15) is 36.0 Å². The predicted octanol–water partition coefficient (Wildman–Crippen LogP) is 2.93. The first-order chi connectivity index (χ1) is 8.81. The number of carbonyl (C=O) groups is 1. The van der Waals surface area contributed by atoms with Gasteiger partial charge in [0.25, 0.3) is 5.91 Å². The number of hydrogen-bond acceptors (Lipinski definition) is 2. The number of nitrogens with one attached hydrogen (secondary N) is 1. The monoisotopic (exact) mass is 245 g/mol. The fourth-order valence-electron chi connectivity index (χ4n) is 2.19. The average Bonchev–Trinajstić information content (AvgIpc) is 2.45. The molecule has 3 nitrogen and oxygen atoms in total. The lowest BCUT2D eigenvalue weighted by atomic mass is 9.99. The van der Waals surface area contributed by atoms with Crippen LogP contribution in [0.15, 0.2) is 35.9 Å². The summed E-state index contributed by atoms with van der Waals surface area (Å²) in [6, 6.07) is 7.29. The fraction of sp³-hybridized carbons (Fsp3) is 0.400. The van der Waals surface area contributed by atoms with E-state index in [1.807, 2.05) is 12.1 Å². The second kappa shape index (κ2) is 6.24. The maximum atomic E-state index is 12.0. The van der Waals surface area contributed by atoms with E-state index in [2.05, 4.69) is 11.4 Å². The van der Waals surface area contributed by atoms with Crippen molar-refractivity contribution in [2.75, 3.05) is 13.7 Å². The largest absolute Gasteiger partial charge is 0.496 e. The summed E-state index contributed by atoms with van der Waals surface area (Å²) in [5.74, 6) is 0.548. The molecular formula is C15H19NO2. The molecule has 1 N–H and O–H groups in total. The lowest BCUT2D eigenvalue weighted by molar-refractivity contribution is 0.0953. The molecule has 0 atom stereocenters. The first kappa shape index (κ1) is 12.7. The van der Waals surface area contributed by atoms with Crippen molar-refractivity contribution in [3.8, 4) is 5.75 Å². The van der Waals surface area contributed by atoms with Gasteiger partial charge in [-0.3, -0.25) is 4.79 Å². The number of rotatable bonds is 4. The molecule has 0 aromatic heterocycles. The summed E-state index contributed by atoms with van der Waals surface area (Å²) in [5.41, 5.74) is 1.93. The number of methoxy groups -OCH3 is 1. The molecule has 0 heterocycles. The Labute approximate surface area is 108 Å². The first-order valence-electron chi connectivity index (χ1n) is 6.40. The van der Waals surface area contributed by atoms with E-state index in [4.69, 9.17) is 4.74 Å². The summed E-state index contributed by atoms with van der Waals surface area (Å²) in [7, 11) is 1.58. The lowest BCUT2D eigenvalue weighted by Crippen LogP contribution is -2.26. The molecule has 18 heavy (non-hydrogen) atoms. The SMILES string of the molecule is COc1ccccc1C(=O)NCC1=CCCCC1. The number of carbonyl (C=O) groups excluding carboxylic acids is 1. The molecule has 1 aliphatic carbocycles. The number of para-hydroxylation sites is 1. The van der Waals surface area contributed by atoms with Crippen LogP contribution in [0.5, 0.6) is 5.75 Å². The van der Waals surface area contributed by atoms with Gasteiger partial charge in [0.1, 0.15) is 5.75 Å². The Morgan fingerprint density at radius 2 is 2.17 bits per heavy atom. The van der Waals surface area contributed by atoms with Gasteiger partial charge >= 0.3 is 0 Å². The quantitative estimate of drug-likeness (QED) is 0.828. The van der Waals surface area contributed by atoms with E-state index in [9.17, 15) is 4.79 Å². The van der Waals surface area contributed by atoms with Crippen LogP contribution < -0.4 is 10.1 Å². The normalized spacial score (nSPS) is 14.8.